The molecule has 1 saturated heterocycles. The minimum atomic E-state index is -1.52. The Hall–Kier alpha value is -2.49. The molecule has 0 saturated carbocycles. The molecule has 3 aromatic rings. The second kappa shape index (κ2) is 8.57. The quantitative estimate of drug-likeness (QED) is 0.490. The minimum Gasteiger partial charge on any atom is -0.497 e. The minimum absolute atomic E-state index is 0.387. The standard InChI is InChI=1S/C23H26FNO6/c1-12-7-16(24)19-14(9-13-3-5-15(30-2)6-4-13)10-25(17(19)8-12)23-22(29)21(28)20(27)18(11-26)31-23/h3-8,10,18,20-23,26-29H,9,11H2,1-2H3/t18-,20-,21+,22-,23-/m1/s1. The van der Waals surface area contributed by atoms with Crippen LogP contribution in [-0.4, -0.2) is 63.1 Å². The lowest BCUT2D eigenvalue weighted by atomic mass is 9.98. The maximum Gasteiger partial charge on any atom is 0.163 e. The molecule has 8 heteroatoms. The lowest BCUT2D eigenvalue weighted by molar-refractivity contribution is -0.250. The number of nitrogens with zero attached hydrogens (tertiary/aromatic N) is 1. The van der Waals surface area contributed by atoms with Crippen LogP contribution in [0.25, 0.3) is 10.9 Å². The van der Waals surface area contributed by atoms with Crippen molar-refractivity contribution in [3.05, 3.63) is 65.1 Å². The first-order valence-corrected chi connectivity index (χ1v) is 10.1. The normalized spacial score (nSPS) is 26.4. The van der Waals surface area contributed by atoms with E-state index in [1.165, 1.54) is 6.07 Å². The molecule has 1 fully saturated rings. The van der Waals surface area contributed by atoms with Crippen molar-refractivity contribution in [3.8, 4) is 5.75 Å². The third kappa shape index (κ3) is 3.93. The Morgan fingerprint density at radius 2 is 1.77 bits per heavy atom. The van der Waals surface area contributed by atoms with Gasteiger partial charge in [0.2, 0.25) is 0 Å². The molecular formula is C23H26FNO6. The van der Waals surface area contributed by atoms with Crippen molar-refractivity contribution in [1.29, 1.82) is 0 Å². The summed E-state index contributed by atoms with van der Waals surface area (Å²) in [5.74, 6) is 0.316. The number of hydrogen-bond donors (Lipinski definition) is 4. The van der Waals surface area contributed by atoms with Crippen LogP contribution in [0.4, 0.5) is 4.39 Å². The van der Waals surface area contributed by atoms with E-state index in [0.29, 0.717) is 34.2 Å². The van der Waals surface area contributed by atoms with Crippen LogP contribution in [-0.2, 0) is 11.2 Å². The molecule has 166 valence electrons. The number of aliphatic hydroxyl groups is 4. The summed E-state index contributed by atoms with van der Waals surface area (Å²) < 4.78 is 27.5. The molecule has 31 heavy (non-hydrogen) atoms. The fourth-order valence-electron chi connectivity index (χ4n) is 4.17. The summed E-state index contributed by atoms with van der Waals surface area (Å²) in [5.41, 5.74) is 2.79. The van der Waals surface area contributed by atoms with E-state index < -0.39 is 43.1 Å². The Morgan fingerprint density at radius 3 is 2.42 bits per heavy atom. The van der Waals surface area contributed by atoms with Crippen LogP contribution in [0.3, 0.4) is 0 Å². The number of aromatic nitrogens is 1. The number of rotatable bonds is 5. The molecule has 2 aromatic carbocycles. The van der Waals surface area contributed by atoms with Crippen molar-refractivity contribution in [1.82, 2.24) is 4.57 Å². The fraction of sp³-hybridized carbons (Fsp3) is 0.391. The number of aliphatic hydroxyl groups excluding tert-OH is 4. The van der Waals surface area contributed by atoms with Gasteiger partial charge in [0.15, 0.2) is 6.23 Å². The lowest BCUT2D eigenvalue weighted by Gasteiger charge is -2.40. The summed E-state index contributed by atoms with van der Waals surface area (Å²) in [6, 6.07) is 10.7. The fourth-order valence-corrected chi connectivity index (χ4v) is 4.17. The first-order valence-electron chi connectivity index (χ1n) is 10.1. The summed E-state index contributed by atoms with van der Waals surface area (Å²) in [7, 11) is 1.58. The number of methoxy groups -OCH3 is 1. The highest BCUT2D eigenvalue weighted by Gasteiger charge is 2.44. The third-order valence-corrected chi connectivity index (χ3v) is 5.80. The van der Waals surface area contributed by atoms with E-state index in [0.717, 1.165) is 5.56 Å². The van der Waals surface area contributed by atoms with Crippen LogP contribution in [0.15, 0.2) is 42.6 Å². The highest BCUT2D eigenvalue weighted by atomic mass is 19.1. The predicted molar refractivity (Wildman–Crippen MR) is 111 cm³/mol. The number of halogens is 1. The Morgan fingerprint density at radius 1 is 1.06 bits per heavy atom. The number of aryl methyl sites for hydroxylation is 1. The zero-order valence-corrected chi connectivity index (χ0v) is 17.3. The van der Waals surface area contributed by atoms with E-state index in [2.05, 4.69) is 0 Å². The second-order valence-corrected chi connectivity index (χ2v) is 7.95. The first kappa shape index (κ1) is 21.7. The van der Waals surface area contributed by atoms with Crippen molar-refractivity contribution >= 4 is 10.9 Å². The molecule has 2 heterocycles. The molecule has 7 nitrogen and oxygen atoms in total. The van der Waals surface area contributed by atoms with Gasteiger partial charge in [-0.25, -0.2) is 4.39 Å². The van der Waals surface area contributed by atoms with Crippen LogP contribution < -0.4 is 4.74 Å². The van der Waals surface area contributed by atoms with Crippen molar-refractivity contribution in [2.75, 3.05) is 13.7 Å². The van der Waals surface area contributed by atoms with E-state index in [4.69, 9.17) is 9.47 Å². The molecule has 0 bridgehead atoms. The zero-order valence-electron chi connectivity index (χ0n) is 17.3. The number of fused-ring (bicyclic) bond motifs is 1. The molecule has 0 radical (unpaired) electrons. The molecule has 1 aliphatic rings. The number of benzene rings is 2. The monoisotopic (exact) mass is 431 g/mol. The van der Waals surface area contributed by atoms with E-state index in [1.807, 2.05) is 24.3 Å². The third-order valence-electron chi connectivity index (χ3n) is 5.80. The number of hydrogen-bond acceptors (Lipinski definition) is 6. The van der Waals surface area contributed by atoms with Gasteiger partial charge in [-0.3, -0.25) is 0 Å². The molecule has 4 N–H and O–H groups in total. The summed E-state index contributed by atoms with van der Waals surface area (Å²) in [6.07, 6.45) is -4.51. The van der Waals surface area contributed by atoms with E-state index in [1.54, 1.807) is 30.9 Å². The predicted octanol–water partition coefficient (Wildman–Crippen LogP) is 1.66. The molecule has 0 amide bonds. The van der Waals surface area contributed by atoms with E-state index >= 15 is 4.39 Å². The van der Waals surface area contributed by atoms with Gasteiger partial charge in [0.1, 0.15) is 36.0 Å². The largest absolute Gasteiger partial charge is 0.497 e. The zero-order chi connectivity index (χ0) is 22.3. The highest BCUT2D eigenvalue weighted by Crippen LogP contribution is 2.35. The maximum atomic E-state index is 15.0. The Labute approximate surface area is 178 Å². The van der Waals surface area contributed by atoms with Gasteiger partial charge in [-0.05, 0) is 54.3 Å². The van der Waals surface area contributed by atoms with Crippen molar-refractivity contribution < 1.29 is 34.3 Å². The van der Waals surface area contributed by atoms with E-state index in [9.17, 15) is 20.4 Å². The van der Waals surface area contributed by atoms with Gasteiger partial charge in [0.25, 0.3) is 0 Å². The van der Waals surface area contributed by atoms with Crippen LogP contribution in [0.2, 0.25) is 0 Å². The van der Waals surface area contributed by atoms with Gasteiger partial charge in [-0.2, -0.15) is 0 Å². The summed E-state index contributed by atoms with van der Waals surface area (Å²) in [6.45, 7) is 1.23. The first-order chi connectivity index (χ1) is 14.8. The Bertz CT molecular complexity index is 1060. The van der Waals surface area contributed by atoms with Gasteiger partial charge in [-0.1, -0.05) is 12.1 Å². The molecule has 0 aliphatic carbocycles. The van der Waals surface area contributed by atoms with Gasteiger partial charge in [-0.15, -0.1) is 0 Å². The van der Waals surface area contributed by atoms with Crippen LogP contribution in [0.1, 0.15) is 22.9 Å². The van der Waals surface area contributed by atoms with Crippen LogP contribution in [0.5, 0.6) is 5.75 Å². The van der Waals surface area contributed by atoms with Crippen molar-refractivity contribution in [3.63, 3.8) is 0 Å². The van der Waals surface area contributed by atoms with Crippen molar-refractivity contribution in [2.45, 2.75) is 44.0 Å². The SMILES string of the molecule is COc1ccc(Cc2cn([C@@H]3O[C@H](CO)[C@@H](O)[C@H](O)[C@H]3O)c3cc(C)cc(F)c23)cc1. The van der Waals surface area contributed by atoms with Crippen LogP contribution in [0, 0.1) is 12.7 Å². The second-order valence-electron chi connectivity index (χ2n) is 7.95. The van der Waals surface area contributed by atoms with Crippen molar-refractivity contribution in [2.24, 2.45) is 0 Å². The van der Waals surface area contributed by atoms with Gasteiger partial charge >= 0.3 is 0 Å². The summed E-state index contributed by atoms with van der Waals surface area (Å²) >= 11 is 0. The molecule has 1 aromatic heterocycles. The average Bonchev–Trinajstić information content (AvgIpc) is 3.11. The highest BCUT2D eigenvalue weighted by molar-refractivity contribution is 5.86. The van der Waals surface area contributed by atoms with Crippen LogP contribution >= 0.6 is 0 Å². The lowest BCUT2D eigenvalue weighted by Crippen LogP contribution is -2.56. The summed E-state index contributed by atoms with van der Waals surface area (Å²) in [5, 5.41) is 40.8. The smallest absolute Gasteiger partial charge is 0.163 e. The number of ether oxygens (including phenoxy) is 2. The molecular weight excluding hydrogens is 405 g/mol. The molecule has 5 atom stereocenters. The van der Waals surface area contributed by atoms with Gasteiger partial charge in [0, 0.05) is 11.6 Å². The van der Waals surface area contributed by atoms with Gasteiger partial charge < -0.3 is 34.5 Å². The summed E-state index contributed by atoms with van der Waals surface area (Å²) in [4.78, 5) is 0. The Kier molecular flexibility index (Phi) is 6.00. The molecule has 0 spiro atoms. The Balaban J connectivity index is 1.80. The average molecular weight is 431 g/mol. The molecule has 0 unspecified atom stereocenters. The molecule has 1 aliphatic heterocycles. The molecule has 4 rings (SSSR count). The maximum absolute atomic E-state index is 15.0. The van der Waals surface area contributed by atoms with E-state index in [-0.39, 0.29) is 0 Å². The topological polar surface area (TPSA) is 104 Å². The van der Waals surface area contributed by atoms with Gasteiger partial charge in [0.05, 0.1) is 19.2 Å².